The van der Waals surface area contributed by atoms with Crippen molar-refractivity contribution in [2.75, 3.05) is 39.1 Å². The molecule has 7 nitrogen and oxygen atoms in total. The number of ketones is 1. The van der Waals surface area contributed by atoms with E-state index in [9.17, 15) is 4.79 Å². The maximum absolute atomic E-state index is 11.1. The van der Waals surface area contributed by atoms with Gasteiger partial charge in [-0.1, -0.05) is 13.8 Å². The highest BCUT2D eigenvalue weighted by Gasteiger charge is 2.10. The first kappa shape index (κ1) is 19.0. The van der Waals surface area contributed by atoms with Crippen LogP contribution in [0.3, 0.4) is 0 Å². The van der Waals surface area contributed by atoms with Crippen molar-refractivity contribution in [2.24, 2.45) is 0 Å². The summed E-state index contributed by atoms with van der Waals surface area (Å²) in [5.41, 5.74) is 0.707. The van der Waals surface area contributed by atoms with Gasteiger partial charge in [0.1, 0.15) is 11.6 Å². The second-order valence-corrected chi connectivity index (χ2v) is 5.50. The number of carbonyl (C=O) groups is 1. The molecule has 0 saturated heterocycles. The maximum Gasteiger partial charge on any atom is 0.178 e. The Balaban J connectivity index is 0.00000127. The number of anilines is 1. The molecule has 0 unspecified atom stereocenters. The van der Waals surface area contributed by atoms with Crippen LogP contribution < -0.4 is 4.90 Å². The molecule has 23 heavy (non-hydrogen) atoms. The molecule has 0 saturated carbocycles. The number of nitrogens with zero attached hydrogens (tertiary/aromatic N) is 6. The lowest BCUT2D eigenvalue weighted by Gasteiger charge is -2.20. The van der Waals surface area contributed by atoms with Gasteiger partial charge in [-0.2, -0.15) is 4.52 Å². The number of hydrogen-bond acceptors (Lipinski definition) is 6. The van der Waals surface area contributed by atoms with Crippen LogP contribution in [0.15, 0.2) is 12.1 Å². The van der Waals surface area contributed by atoms with Gasteiger partial charge in [0.05, 0.1) is 0 Å². The summed E-state index contributed by atoms with van der Waals surface area (Å²) < 4.78 is 1.73. The molecule has 0 radical (unpaired) electrons. The first-order chi connectivity index (χ1) is 11.0. The number of fused-ring (bicyclic) bond motifs is 1. The van der Waals surface area contributed by atoms with Gasteiger partial charge in [0, 0.05) is 33.0 Å². The SMILES string of the molecule is CC.CC(=O)CCc1nnc2ccc(N(C)CCN(C)C)nn12. The molecule has 0 fully saturated rings. The summed E-state index contributed by atoms with van der Waals surface area (Å²) in [6.07, 6.45) is 1.03. The Kier molecular flexibility index (Phi) is 7.61. The van der Waals surface area contributed by atoms with Crippen LogP contribution in [0.2, 0.25) is 0 Å². The van der Waals surface area contributed by atoms with Crippen molar-refractivity contribution in [1.29, 1.82) is 0 Å². The van der Waals surface area contributed by atoms with E-state index in [0.717, 1.165) is 24.7 Å². The average molecular weight is 320 g/mol. The molecule has 0 aromatic carbocycles. The standard InChI is InChI=1S/C14H22N6O.C2H6/c1-11(21)5-6-12-15-16-13-7-8-14(17-20(12)13)19(4)10-9-18(2)3;1-2/h7-8H,5-6,9-10H2,1-4H3;1-2H3. The van der Waals surface area contributed by atoms with Crippen LogP contribution in [0.4, 0.5) is 5.82 Å². The summed E-state index contributed by atoms with van der Waals surface area (Å²) in [6.45, 7) is 7.42. The summed E-state index contributed by atoms with van der Waals surface area (Å²) in [5, 5.41) is 12.8. The first-order valence-electron chi connectivity index (χ1n) is 8.04. The quantitative estimate of drug-likeness (QED) is 0.773. The summed E-state index contributed by atoms with van der Waals surface area (Å²) in [4.78, 5) is 15.3. The van der Waals surface area contributed by atoms with Gasteiger partial charge >= 0.3 is 0 Å². The summed E-state index contributed by atoms with van der Waals surface area (Å²) >= 11 is 0. The fourth-order valence-corrected chi connectivity index (χ4v) is 1.94. The Morgan fingerprint density at radius 2 is 1.83 bits per heavy atom. The monoisotopic (exact) mass is 320 g/mol. The molecule has 2 heterocycles. The Bertz CT molecular complexity index is 622. The Labute approximate surface area is 138 Å². The maximum atomic E-state index is 11.1. The molecular formula is C16H28N6O. The van der Waals surface area contributed by atoms with Gasteiger partial charge in [0.15, 0.2) is 11.5 Å². The number of rotatable bonds is 7. The van der Waals surface area contributed by atoms with Gasteiger partial charge in [-0.15, -0.1) is 15.3 Å². The van der Waals surface area contributed by atoms with E-state index in [1.54, 1.807) is 11.4 Å². The largest absolute Gasteiger partial charge is 0.357 e. The second-order valence-electron chi connectivity index (χ2n) is 5.50. The van der Waals surface area contributed by atoms with Crippen molar-refractivity contribution < 1.29 is 4.79 Å². The highest BCUT2D eigenvalue weighted by Crippen LogP contribution is 2.11. The fourth-order valence-electron chi connectivity index (χ4n) is 1.94. The molecule has 2 rings (SSSR count). The van der Waals surface area contributed by atoms with Crippen LogP contribution in [-0.4, -0.2) is 64.7 Å². The van der Waals surface area contributed by atoms with Crippen LogP contribution in [0.25, 0.3) is 5.65 Å². The van der Waals surface area contributed by atoms with Gasteiger partial charge in [-0.25, -0.2) is 0 Å². The van der Waals surface area contributed by atoms with Crippen molar-refractivity contribution in [3.05, 3.63) is 18.0 Å². The van der Waals surface area contributed by atoms with Gasteiger partial charge in [-0.05, 0) is 33.2 Å². The van der Waals surface area contributed by atoms with E-state index in [1.807, 2.05) is 47.1 Å². The van der Waals surface area contributed by atoms with Gasteiger partial charge in [-0.3, -0.25) is 0 Å². The van der Waals surface area contributed by atoms with E-state index in [2.05, 4.69) is 25.1 Å². The Morgan fingerprint density at radius 1 is 1.13 bits per heavy atom. The van der Waals surface area contributed by atoms with E-state index < -0.39 is 0 Å². The lowest BCUT2D eigenvalue weighted by Crippen LogP contribution is -2.29. The third-order valence-corrected chi connectivity index (χ3v) is 3.29. The lowest BCUT2D eigenvalue weighted by atomic mass is 10.2. The van der Waals surface area contributed by atoms with Crippen molar-refractivity contribution in [2.45, 2.75) is 33.6 Å². The molecule has 2 aromatic heterocycles. The number of Topliss-reactive ketones (excluding diaryl/α,β-unsaturated/α-hetero) is 1. The fraction of sp³-hybridized carbons (Fsp3) is 0.625. The molecule has 0 aliphatic rings. The molecule has 0 bridgehead atoms. The molecule has 0 amide bonds. The highest BCUT2D eigenvalue weighted by atomic mass is 16.1. The number of likely N-dealkylation sites (N-methyl/N-ethyl adjacent to an activating group) is 2. The Morgan fingerprint density at radius 3 is 2.43 bits per heavy atom. The van der Waals surface area contributed by atoms with Crippen LogP contribution in [0.1, 0.15) is 33.0 Å². The normalized spacial score (nSPS) is 10.6. The lowest BCUT2D eigenvalue weighted by molar-refractivity contribution is -0.117. The van der Waals surface area contributed by atoms with E-state index in [4.69, 9.17) is 0 Å². The van der Waals surface area contributed by atoms with Crippen molar-refractivity contribution in [3.8, 4) is 0 Å². The predicted octanol–water partition coefficient (Wildman–Crippen LogP) is 1.67. The van der Waals surface area contributed by atoms with Gasteiger partial charge in [0.25, 0.3) is 0 Å². The molecule has 0 aliphatic heterocycles. The van der Waals surface area contributed by atoms with Crippen LogP contribution in [0.5, 0.6) is 0 Å². The van der Waals surface area contributed by atoms with E-state index in [-0.39, 0.29) is 5.78 Å². The van der Waals surface area contributed by atoms with Gasteiger partial charge in [0.2, 0.25) is 0 Å². The third kappa shape index (κ3) is 5.59. The van der Waals surface area contributed by atoms with E-state index in [0.29, 0.717) is 18.5 Å². The first-order valence-corrected chi connectivity index (χ1v) is 8.04. The molecule has 2 aromatic rings. The molecule has 0 atom stereocenters. The third-order valence-electron chi connectivity index (χ3n) is 3.29. The summed E-state index contributed by atoms with van der Waals surface area (Å²) in [5.74, 6) is 1.74. The molecular weight excluding hydrogens is 292 g/mol. The molecule has 0 N–H and O–H groups in total. The zero-order valence-electron chi connectivity index (χ0n) is 15.1. The number of carbonyl (C=O) groups excluding carboxylic acids is 1. The smallest absolute Gasteiger partial charge is 0.178 e. The molecule has 128 valence electrons. The highest BCUT2D eigenvalue weighted by molar-refractivity contribution is 5.75. The average Bonchev–Trinajstić information content (AvgIpc) is 2.94. The topological polar surface area (TPSA) is 66.6 Å². The number of aryl methyl sites for hydroxylation is 1. The van der Waals surface area contributed by atoms with E-state index in [1.165, 1.54) is 0 Å². The Hall–Kier alpha value is -2.02. The minimum absolute atomic E-state index is 0.144. The van der Waals surface area contributed by atoms with Crippen molar-refractivity contribution in [1.82, 2.24) is 24.7 Å². The number of aromatic nitrogens is 4. The van der Waals surface area contributed by atoms with Crippen molar-refractivity contribution in [3.63, 3.8) is 0 Å². The van der Waals surface area contributed by atoms with Crippen LogP contribution in [0, 0.1) is 0 Å². The van der Waals surface area contributed by atoms with E-state index >= 15 is 0 Å². The second kappa shape index (κ2) is 9.19. The van der Waals surface area contributed by atoms with Crippen LogP contribution in [-0.2, 0) is 11.2 Å². The molecule has 7 heteroatoms. The van der Waals surface area contributed by atoms with Gasteiger partial charge < -0.3 is 14.6 Å². The summed E-state index contributed by atoms with van der Waals surface area (Å²) in [7, 11) is 6.10. The molecule has 0 aliphatic carbocycles. The predicted molar refractivity (Wildman–Crippen MR) is 93.0 cm³/mol. The minimum atomic E-state index is 0.144. The zero-order chi connectivity index (χ0) is 17.4. The summed E-state index contributed by atoms with van der Waals surface area (Å²) in [6, 6.07) is 3.84. The number of hydrogen-bond donors (Lipinski definition) is 0. The van der Waals surface area contributed by atoms with Crippen molar-refractivity contribution >= 4 is 17.2 Å². The molecule has 0 spiro atoms. The minimum Gasteiger partial charge on any atom is -0.357 e. The zero-order valence-corrected chi connectivity index (χ0v) is 15.1. The van der Waals surface area contributed by atoms with Crippen LogP contribution >= 0.6 is 0 Å².